The second kappa shape index (κ2) is 9.84. The molecule has 3 rings (SSSR count). The van der Waals surface area contributed by atoms with Crippen molar-refractivity contribution in [2.75, 3.05) is 31.9 Å². The van der Waals surface area contributed by atoms with Crippen LogP contribution in [0.25, 0.3) is 0 Å². The van der Waals surface area contributed by atoms with E-state index in [9.17, 15) is 9.90 Å². The van der Waals surface area contributed by atoms with Crippen molar-refractivity contribution in [1.29, 1.82) is 0 Å². The van der Waals surface area contributed by atoms with E-state index in [1.807, 2.05) is 11.8 Å². The average molecular weight is 463 g/mol. The maximum Gasteiger partial charge on any atom is 0.407 e. The van der Waals surface area contributed by atoms with Crippen molar-refractivity contribution in [1.82, 2.24) is 10.2 Å². The number of aromatic hydroxyl groups is 1. The van der Waals surface area contributed by atoms with Crippen LogP contribution in [0.4, 0.5) is 4.79 Å². The van der Waals surface area contributed by atoms with Crippen molar-refractivity contribution in [3.8, 4) is 5.75 Å². The van der Waals surface area contributed by atoms with E-state index in [2.05, 4.69) is 63.9 Å². The van der Waals surface area contributed by atoms with E-state index >= 15 is 0 Å². The van der Waals surface area contributed by atoms with Crippen molar-refractivity contribution >= 4 is 17.9 Å². The van der Waals surface area contributed by atoms with Gasteiger partial charge in [0.15, 0.2) is 0 Å². The topological polar surface area (TPSA) is 61.8 Å². The van der Waals surface area contributed by atoms with Crippen LogP contribution < -0.4 is 5.32 Å². The highest BCUT2D eigenvalue weighted by Gasteiger charge is 2.42. The number of thioether (sulfide) groups is 1. The van der Waals surface area contributed by atoms with Crippen LogP contribution in [-0.2, 0) is 15.6 Å². The molecule has 6 heteroatoms. The predicted octanol–water partition coefficient (Wildman–Crippen LogP) is 5.82. The Labute approximate surface area is 198 Å². The molecule has 2 saturated heterocycles. The van der Waals surface area contributed by atoms with Gasteiger partial charge in [0, 0.05) is 42.0 Å². The number of alkyl carbamates (subject to hydrolysis) is 1. The lowest BCUT2D eigenvalue weighted by Gasteiger charge is -2.37. The Morgan fingerprint density at radius 2 is 1.62 bits per heavy atom. The number of likely N-dealkylation sites (tertiary alicyclic amines) is 1. The number of nitrogens with zero attached hydrogens (tertiary/aromatic N) is 1. The maximum atomic E-state index is 11.4. The van der Waals surface area contributed by atoms with E-state index in [0.717, 1.165) is 49.4 Å². The van der Waals surface area contributed by atoms with Crippen molar-refractivity contribution < 1.29 is 14.6 Å². The lowest BCUT2D eigenvalue weighted by molar-refractivity contribution is 0.000650. The number of ether oxygens (including phenoxy) is 1. The number of benzene rings is 1. The summed E-state index contributed by atoms with van der Waals surface area (Å²) in [5.74, 6) is 1.56. The molecule has 1 spiro atoms. The number of hydrogen-bond donors (Lipinski definition) is 2. The Balaban J connectivity index is 1.42. The zero-order valence-corrected chi connectivity index (χ0v) is 21.7. The molecule has 0 aliphatic carbocycles. The van der Waals surface area contributed by atoms with E-state index in [-0.39, 0.29) is 22.5 Å². The van der Waals surface area contributed by atoms with Crippen LogP contribution in [0.2, 0.25) is 0 Å². The summed E-state index contributed by atoms with van der Waals surface area (Å²) in [6.45, 7) is 16.8. The Morgan fingerprint density at radius 1 is 1.03 bits per heavy atom. The molecule has 2 aliphatic heterocycles. The molecule has 2 aliphatic rings. The number of nitrogens with one attached hydrogen (secondary N) is 1. The fraction of sp³-hybridized carbons (Fsp3) is 0.731. The Morgan fingerprint density at radius 3 is 2.12 bits per heavy atom. The third-order valence-corrected chi connectivity index (χ3v) is 7.78. The molecule has 2 N–H and O–H groups in total. The quantitative estimate of drug-likeness (QED) is 0.395. The van der Waals surface area contributed by atoms with Gasteiger partial charge in [-0.05, 0) is 48.1 Å². The standard InChI is InChI=1S/C26H42N2O3S/c1-24(2,3)20-16-19(17-21(22(20)29)25(4,5)6)32-15-9-7-8-12-28-13-10-26(11-14-28)18-27-23(30)31-26/h16-17,29H,7-15,18H2,1-6H3,(H,27,30). The highest BCUT2D eigenvalue weighted by atomic mass is 32.2. The summed E-state index contributed by atoms with van der Waals surface area (Å²) in [5.41, 5.74) is 1.67. The van der Waals surface area contributed by atoms with Crippen LogP contribution in [0.15, 0.2) is 17.0 Å². The Kier molecular flexibility index (Phi) is 7.76. The van der Waals surface area contributed by atoms with Crippen LogP contribution in [0.1, 0.15) is 84.8 Å². The molecule has 32 heavy (non-hydrogen) atoms. The van der Waals surface area contributed by atoms with Crippen molar-refractivity contribution in [3.05, 3.63) is 23.3 Å². The molecular formula is C26H42N2O3S. The van der Waals surface area contributed by atoms with E-state index in [1.165, 1.54) is 24.2 Å². The molecule has 0 unspecified atom stereocenters. The van der Waals surface area contributed by atoms with E-state index in [4.69, 9.17) is 4.74 Å². The minimum atomic E-state index is -0.256. The monoisotopic (exact) mass is 462 g/mol. The van der Waals surface area contributed by atoms with Gasteiger partial charge in [0.25, 0.3) is 0 Å². The molecule has 1 aromatic carbocycles. The van der Waals surface area contributed by atoms with Gasteiger partial charge in [-0.15, -0.1) is 11.8 Å². The average Bonchev–Trinajstić information content (AvgIpc) is 3.05. The highest BCUT2D eigenvalue weighted by Crippen LogP contribution is 2.41. The Bertz CT molecular complexity index is 767. The first kappa shape index (κ1) is 25.2. The third kappa shape index (κ3) is 6.34. The summed E-state index contributed by atoms with van der Waals surface area (Å²) in [4.78, 5) is 15.1. The largest absolute Gasteiger partial charge is 0.507 e. The van der Waals surface area contributed by atoms with E-state index in [1.54, 1.807) is 0 Å². The van der Waals surface area contributed by atoms with Gasteiger partial charge in [-0.2, -0.15) is 0 Å². The van der Waals surface area contributed by atoms with Crippen LogP contribution in [-0.4, -0.2) is 53.6 Å². The summed E-state index contributed by atoms with van der Waals surface area (Å²) < 4.78 is 5.51. The van der Waals surface area contributed by atoms with Crippen LogP contribution in [0, 0.1) is 0 Å². The van der Waals surface area contributed by atoms with Gasteiger partial charge in [0.1, 0.15) is 11.4 Å². The molecule has 0 saturated carbocycles. The number of carbonyl (C=O) groups excluding carboxylic acids is 1. The van der Waals surface area contributed by atoms with Crippen molar-refractivity contribution in [3.63, 3.8) is 0 Å². The fourth-order valence-electron chi connectivity index (χ4n) is 4.60. The van der Waals surface area contributed by atoms with Gasteiger partial charge < -0.3 is 20.1 Å². The van der Waals surface area contributed by atoms with Crippen LogP contribution in [0.3, 0.4) is 0 Å². The van der Waals surface area contributed by atoms with E-state index in [0.29, 0.717) is 12.3 Å². The molecule has 2 fully saturated rings. The minimum Gasteiger partial charge on any atom is -0.507 e. The number of piperidine rings is 1. The number of phenols is 1. The van der Waals surface area contributed by atoms with Crippen molar-refractivity contribution in [2.24, 2.45) is 0 Å². The van der Waals surface area contributed by atoms with Gasteiger partial charge in [0.05, 0.1) is 6.54 Å². The smallest absolute Gasteiger partial charge is 0.407 e. The fourth-order valence-corrected chi connectivity index (χ4v) is 5.59. The second-order valence-corrected chi connectivity index (χ2v) is 12.7. The Hall–Kier alpha value is -1.40. The molecule has 0 bridgehead atoms. The number of unbranched alkanes of at least 4 members (excludes halogenated alkanes) is 2. The number of rotatable bonds is 7. The first-order chi connectivity index (χ1) is 14.9. The maximum absolute atomic E-state index is 11.4. The van der Waals surface area contributed by atoms with Gasteiger partial charge >= 0.3 is 6.09 Å². The number of carbonyl (C=O) groups is 1. The SMILES string of the molecule is CC(C)(C)c1cc(SCCCCCN2CCC3(CC2)CNC(=O)O3)cc(C(C)(C)C)c1O. The molecule has 0 atom stereocenters. The van der Waals surface area contributed by atoms with Gasteiger partial charge in [0.2, 0.25) is 0 Å². The molecule has 0 aromatic heterocycles. The van der Waals surface area contributed by atoms with Crippen molar-refractivity contribution in [2.45, 2.75) is 95.0 Å². The van der Waals surface area contributed by atoms with Gasteiger partial charge in [-0.3, -0.25) is 0 Å². The van der Waals surface area contributed by atoms with Gasteiger partial charge in [-0.1, -0.05) is 48.0 Å². The minimum absolute atomic E-state index is 0.0828. The first-order valence-corrected chi connectivity index (χ1v) is 13.1. The lowest BCUT2D eigenvalue weighted by atomic mass is 9.79. The zero-order chi connectivity index (χ0) is 23.6. The van der Waals surface area contributed by atoms with Gasteiger partial charge in [-0.25, -0.2) is 4.79 Å². The molecule has 2 heterocycles. The summed E-state index contributed by atoms with van der Waals surface area (Å²) in [5, 5.41) is 13.7. The molecular weight excluding hydrogens is 420 g/mol. The summed E-state index contributed by atoms with van der Waals surface area (Å²) in [6, 6.07) is 4.37. The molecule has 5 nitrogen and oxygen atoms in total. The van der Waals surface area contributed by atoms with Crippen LogP contribution >= 0.6 is 11.8 Å². The highest BCUT2D eigenvalue weighted by molar-refractivity contribution is 7.99. The predicted molar refractivity (Wildman–Crippen MR) is 133 cm³/mol. The number of phenolic OH excluding ortho intramolecular Hbond substituents is 1. The van der Waals surface area contributed by atoms with Crippen LogP contribution in [0.5, 0.6) is 5.75 Å². The molecule has 1 amide bonds. The molecule has 0 radical (unpaired) electrons. The van der Waals surface area contributed by atoms with E-state index < -0.39 is 0 Å². The number of amides is 1. The lowest BCUT2D eigenvalue weighted by Crippen LogP contribution is -2.46. The second-order valence-electron chi connectivity index (χ2n) is 11.5. The molecule has 1 aromatic rings. The summed E-state index contributed by atoms with van der Waals surface area (Å²) in [6.07, 6.45) is 5.25. The number of hydrogen-bond acceptors (Lipinski definition) is 5. The zero-order valence-electron chi connectivity index (χ0n) is 20.8. The third-order valence-electron chi connectivity index (χ3n) is 6.72. The summed E-state index contributed by atoms with van der Waals surface area (Å²) >= 11 is 1.91. The summed E-state index contributed by atoms with van der Waals surface area (Å²) in [7, 11) is 0. The molecule has 180 valence electrons. The normalized spacial score (nSPS) is 19.2. The first-order valence-electron chi connectivity index (χ1n) is 12.1.